The van der Waals surface area contributed by atoms with E-state index in [2.05, 4.69) is 11.9 Å². The van der Waals surface area contributed by atoms with Gasteiger partial charge in [-0.05, 0) is 24.8 Å². The van der Waals surface area contributed by atoms with Gasteiger partial charge >= 0.3 is 0 Å². The maximum Gasteiger partial charge on any atom is 0.122 e. The van der Waals surface area contributed by atoms with Gasteiger partial charge in [-0.1, -0.05) is 6.92 Å². The van der Waals surface area contributed by atoms with E-state index in [-0.39, 0.29) is 0 Å². The van der Waals surface area contributed by atoms with Crippen LogP contribution < -0.4 is 0 Å². The standard InChI is InChI=1S/C12H16N2OS/c1-3-5-14-8-13-7-11(14)12(15)10-4-6-16-9(10)2/h4,6-8,12,15H,3,5H2,1-2H3. The van der Waals surface area contributed by atoms with Crippen molar-refractivity contribution in [2.24, 2.45) is 0 Å². The average Bonchev–Trinajstić information content (AvgIpc) is 2.87. The molecule has 0 bridgehead atoms. The molecule has 3 nitrogen and oxygen atoms in total. The molecule has 0 aliphatic carbocycles. The Balaban J connectivity index is 2.30. The van der Waals surface area contributed by atoms with Crippen LogP contribution in [0.4, 0.5) is 0 Å². The van der Waals surface area contributed by atoms with Gasteiger partial charge < -0.3 is 9.67 Å². The molecule has 1 atom stereocenters. The van der Waals surface area contributed by atoms with Gasteiger partial charge in [-0.15, -0.1) is 11.3 Å². The maximum atomic E-state index is 10.3. The number of rotatable bonds is 4. The summed E-state index contributed by atoms with van der Waals surface area (Å²) < 4.78 is 2.02. The molecule has 0 saturated carbocycles. The van der Waals surface area contributed by atoms with Gasteiger partial charge in [0.1, 0.15) is 6.10 Å². The van der Waals surface area contributed by atoms with Gasteiger partial charge in [0.2, 0.25) is 0 Å². The predicted octanol–water partition coefficient (Wildman–Crippen LogP) is 2.74. The molecular weight excluding hydrogens is 220 g/mol. The first kappa shape index (κ1) is 11.4. The molecule has 0 fully saturated rings. The van der Waals surface area contributed by atoms with E-state index in [0.717, 1.165) is 29.1 Å². The summed E-state index contributed by atoms with van der Waals surface area (Å²) in [7, 11) is 0. The summed E-state index contributed by atoms with van der Waals surface area (Å²) in [6.45, 7) is 5.05. The van der Waals surface area contributed by atoms with Crippen LogP contribution in [0.25, 0.3) is 0 Å². The van der Waals surface area contributed by atoms with E-state index in [9.17, 15) is 5.11 Å². The normalized spacial score (nSPS) is 12.9. The van der Waals surface area contributed by atoms with Crippen molar-refractivity contribution in [1.29, 1.82) is 0 Å². The summed E-state index contributed by atoms with van der Waals surface area (Å²) >= 11 is 1.66. The molecule has 2 aromatic heterocycles. The van der Waals surface area contributed by atoms with Crippen LogP contribution in [-0.2, 0) is 6.54 Å². The fraction of sp³-hybridized carbons (Fsp3) is 0.417. The van der Waals surface area contributed by atoms with Crippen molar-refractivity contribution in [3.63, 3.8) is 0 Å². The van der Waals surface area contributed by atoms with E-state index in [1.165, 1.54) is 0 Å². The Kier molecular flexibility index (Phi) is 3.41. The van der Waals surface area contributed by atoms with Gasteiger partial charge in [-0.25, -0.2) is 4.98 Å². The molecule has 16 heavy (non-hydrogen) atoms. The van der Waals surface area contributed by atoms with Crippen LogP contribution in [0.15, 0.2) is 24.0 Å². The van der Waals surface area contributed by atoms with Crippen LogP contribution in [0, 0.1) is 6.92 Å². The number of aliphatic hydroxyl groups is 1. The summed E-state index contributed by atoms with van der Waals surface area (Å²) in [6, 6.07) is 1.98. The first-order valence-corrected chi connectivity index (χ1v) is 6.34. The Morgan fingerprint density at radius 2 is 2.38 bits per heavy atom. The Bertz CT molecular complexity index is 461. The molecule has 86 valence electrons. The van der Waals surface area contributed by atoms with Crippen molar-refractivity contribution in [1.82, 2.24) is 9.55 Å². The number of hydrogen-bond donors (Lipinski definition) is 1. The molecule has 0 radical (unpaired) electrons. The number of hydrogen-bond acceptors (Lipinski definition) is 3. The number of aryl methyl sites for hydroxylation is 2. The van der Waals surface area contributed by atoms with Gasteiger partial charge in [-0.3, -0.25) is 0 Å². The Labute approximate surface area is 99.4 Å². The van der Waals surface area contributed by atoms with Gasteiger partial charge in [0, 0.05) is 17.0 Å². The van der Waals surface area contributed by atoms with Crippen molar-refractivity contribution in [3.05, 3.63) is 40.1 Å². The highest BCUT2D eigenvalue weighted by Gasteiger charge is 2.17. The molecule has 0 aromatic carbocycles. The minimum absolute atomic E-state index is 0.555. The van der Waals surface area contributed by atoms with E-state index in [4.69, 9.17) is 0 Å². The third kappa shape index (κ3) is 2.03. The highest BCUT2D eigenvalue weighted by atomic mass is 32.1. The van der Waals surface area contributed by atoms with Crippen molar-refractivity contribution >= 4 is 11.3 Å². The molecule has 2 heterocycles. The maximum absolute atomic E-state index is 10.3. The number of aromatic nitrogens is 2. The summed E-state index contributed by atoms with van der Waals surface area (Å²) in [6.07, 6.45) is 4.01. The minimum Gasteiger partial charge on any atom is -0.382 e. The zero-order chi connectivity index (χ0) is 11.5. The van der Waals surface area contributed by atoms with Crippen LogP contribution in [0.1, 0.15) is 35.6 Å². The first-order valence-electron chi connectivity index (χ1n) is 5.46. The molecule has 1 N–H and O–H groups in total. The Hall–Kier alpha value is -1.13. The molecule has 0 saturated heterocycles. The van der Waals surface area contributed by atoms with Crippen molar-refractivity contribution in [3.8, 4) is 0 Å². The third-order valence-electron chi connectivity index (χ3n) is 2.68. The number of imidazole rings is 1. The zero-order valence-electron chi connectivity index (χ0n) is 9.55. The first-order chi connectivity index (χ1) is 7.74. The molecule has 2 aromatic rings. The quantitative estimate of drug-likeness (QED) is 0.886. The second kappa shape index (κ2) is 4.80. The summed E-state index contributed by atoms with van der Waals surface area (Å²) in [5, 5.41) is 12.3. The lowest BCUT2D eigenvalue weighted by molar-refractivity contribution is 0.209. The van der Waals surface area contributed by atoms with Crippen molar-refractivity contribution in [2.75, 3.05) is 0 Å². The van der Waals surface area contributed by atoms with Crippen molar-refractivity contribution < 1.29 is 5.11 Å². The average molecular weight is 236 g/mol. The second-order valence-electron chi connectivity index (χ2n) is 3.85. The van der Waals surface area contributed by atoms with Gasteiger partial charge in [0.25, 0.3) is 0 Å². The lowest BCUT2D eigenvalue weighted by Gasteiger charge is -2.13. The second-order valence-corrected chi connectivity index (χ2v) is 4.97. The fourth-order valence-corrected chi connectivity index (χ4v) is 2.56. The smallest absolute Gasteiger partial charge is 0.122 e. The van der Waals surface area contributed by atoms with Crippen molar-refractivity contribution in [2.45, 2.75) is 32.9 Å². The summed E-state index contributed by atoms with van der Waals surface area (Å²) in [5.41, 5.74) is 1.87. The molecule has 0 spiro atoms. The SMILES string of the molecule is CCCn1cncc1C(O)c1ccsc1C. The van der Waals surface area contributed by atoms with E-state index in [1.807, 2.05) is 22.9 Å². The van der Waals surface area contributed by atoms with Gasteiger partial charge in [0.15, 0.2) is 0 Å². The van der Waals surface area contributed by atoms with E-state index < -0.39 is 6.10 Å². The van der Waals surface area contributed by atoms with E-state index in [0.29, 0.717) is 0 Å². The van der Waals surface area contributed by atoms with E-state index >= 15 is 0 Å². The molecule has 0 amide bonds. The molecule has 4 heteroatoms. The van der Waals surface area contributed by atoms with Gasteiger partial charge in [0.05, 0.1) is 18.2 Å². The van der Waals surface area contributed by atoms with Crippen LogP contribution in [0.5, 0.6) is 0 Å². The monoisotopic (exact) mass is 236 g/mol. The Morgan fingerprint density at radius 3 is 3.00 bits per heavy atom. The Morgan fingerprint density at radius 1 is 1.56 bits per heavy atom. The number of nitrogens with zero attached hydrogens (tertiary/aromatic N) is 2. The molecule has 0 aliphatic rings. The largest absolute Gasteiger partial charge is 0.382 e. The fourth-order valence-electron chi connectivity index (χ4n) is 1.82. The lowest BCUT2D eigenvalue weighted by atomic mass is 10.1. The molecule has 0 aliphatic heterocycles. The minimum atomic E-state index is -0.555. The third-order valence-corrected chi connectivity index (χ3v) is 3.54. The summed E-state index contributed by atoms with van der Waals surface area (Å²) in [4.78, 5) is 5.27. The summed E-state index contributed by atoms with van der Waals surface area (Å²) in [5.74, 6) is 0. The highest BCUT2D eigenvalue weighted by molar-refractivity contribution is 7.10. The molecule has 1 unspecified atom stereocenters. The number of thiophene rings is 1. The van der Waals surface area contributed by atoms with Crippen LogP contribution in [-0.4, -0.2) is 14.7 Å². The van der Waals surface area contributed by atoms with Crippen LogP contribution in [0.2, 0.25) is 0 Å². The molecular formula is C12H16N2OS. The number of aliphatic hydroxyl groups excluding tert-OH is 1. The predicted molar refractivity (Wildman–Crippen MR) is 65.6 cm³/mol. The van der Waals surface area contributed by atoms with Gasteiger partial charge in [-0.2, -0.15) is 0 Å². The zero-order valence-corrected chi connectivity index (χ0v) is 10.4. The van der Waals surface area contributed by atoms with Crippen LogP contribution in [0.3, 0.4) is 0 Å². The van der Waals surface area contributed by atoms with E-state index in [1.54, 1.807) is 23.9 Å². The highest BCUT2D eigenvalue weighted by Crippen LogP contribution is 2.27. The lowest BCUT2D eigenvalue weighted by Crippen LogP contribution is -2.08. The molecule has 2 rings (SSSR count). The van der Waals surface area contributed by atoms with Crippen LogP contribution >= 0.6 is 11.3 Å². The topological polar surface area (TPSA) is 38.0 Å².